The Balaban J connectivity index is 1.71. The summed E-state index contributed by atoms with van der Waals surface area (Å²) in [5.41, 5.74) is 6.29. The third kappa shape index (κ3) is 4.43. The van der Waals surface area contributed by atoms with E-state index in [-0.39, 0.29) is 36.7 Å². The van der Waals surface area contributed by atoms with E-state index in [0.717, 1.165) is 18.4 Å². The van der Waals surface area contributed by atoms with Crippen molar-refractivity contribution in [2.24, 2.45) is 5.92 Å². The lowest BCUT2D eigenvalue weighted by atomic mass is 9.80. The van der Waals surface area contributed by atoms with Gasteiger partial charge in [-0.25, -0.2) is 0 Å². The fourth-order valence-corrected chi connectivity index (χ4v) is 4.74. The van der Waals surface area contributed by atoms with Crippen molar-refractivity contribution in [1.29, 1.82) is 0 Å². The summed E-state index contributed by atoms with van der Waals surface area (Å²) in [4.78, 5) is 12.6. The lowest BCUT2D eigenvalue weighted by Crippen LogP contribution is -2.39. The van der Waals surface area contributed by atoms with Gasteiger partial charge in [0.1, 0.15) is 0 Å². The number of rotatable bonds is 8. The largest absolute Gasteiger partial charge is 0.459 e. The second kappa shape index (κ2) is 10.0. The average molecular weight is 432 g/mol. The van der Waals surface area contributed by atoms with Crippen molar-refractivity contribution in [3.63, 3.8) is 0 Å². The predicted octanol–water partition coefficient (Wildman–Crippen LogP) is 3.76. The molecule has 5 heteroatoms. The van der Waals surface area contributed by atoms with E-state index in [4.69, 9.17) is 15.9 Å². The Morgan fingerprint density at radius 2 is 2.06 bits per heavy atom. The van der Waals surface area contributed by atoms with Crippen LogP contribution >= 0.6 is 0 Å². The Hall–Kier alpha value is -3.07. The molecule has 5 nitrogen and oxygen atoms in total. The summed E-state index contributed by atoms with van der Waals surface area (Å²) in [6, 6.07) is 15.0. The number of benzene rings is 2. The fourth-order valence-electron chi connectivity index (χ4n) is 4.74. The Morgan fingerprint density at radius 3 is 2.84 bits per heavy atom. The van der Waals surface area contributed by atoms with E-state index in [1.165, 1.54) is 22.3 Å². The zero-order valence-corrected chi connectivity index (χ0v) is 18.3. The van der Waals surface area contributed by atoms with E-state index in [1.54, 1.807) is 0 Å². The van der Waals surface area contributed by atoms with E-state index in [1.807, 2.05) is 13.0 Å². The zero-order chi connectivity index (χ0) is 22.5. The molecule has 0 fully saturated rings. The first-order valence-electron chi connectivity index (χ1n) is 11.2. The number of amides is 1. The number of terminal acetylenes is 1. The van der Waals surface area contributed by atoms with Gasteiger partial charge in [0.15, 0.2) is 5.76 Å². The first-order chi connectivity index (χ1) is 15.7. The molecule has 3 atom stereocenters. The number of carbonyl (C=O) groups excluding carboxylic acids is 1. The molecule has 1 aliphatic heterocycles. The topological polar surface area (TPSA) is 67.8 Å². The van der Waals surface area contributed by atoms with Crippen molar-refractivity contribution < 1.29 is 19.4 Å². The Labute approximate surface area is 189 Å². The standard InChI is InChI=1S/C27H29NO4/c1-3-13-28-26(30)25-17-24(23(10-7-14-29)27(32-25)31-4-2)19-11-12-22-20(16-19)15-18-8-5-6-9-21(18)22/h1,5-6,8-9,11-12,16-17,23-24,27,29H,4,7,10,13-15H2,2H3,(H,28,30)/t23-,24-,27-/m1/s1. The van der Waals surface area contributed by atoms with Crippen LogP contribution in [0.15, 0.2) is 54.3 Å². The average Bonchev–Trinajstić information content (AvgIpc) is 3.19. The van der Waals surface area contributed by atoms with Crippen LogP contribution in [0, 0.1) is 18.3 Å². The van der Waals surface area contributed by atoms with Gasteiger partial charge in [-0.3, -0.25) is 4.79 Å². The molecule has 1 amide bonds. The summed E-state index contributed by atoms with van der Waals surface area (Å²) >= 11 is 0. The molecule has 0 radical (unpaired) electrons. The van der Waals surface area contributed by atoms with E-state index in [0.29, 0.717) is 13.0 Å². The van der Waals surface area contributed by atoms with Gasteiger partial charge in [0, 0.05) is 25.0 Å². The van der Waals surface area contributed by atoms with Gasteiger partial charge in [-0.2, -0.15) is 0 Å². The number of ether oxygens (including phenoxy) is 2. The highest BCUT2D eigenvalue weighted by Gasteiger charge is 2.38. The second-order valence-electron chi connectivity index (χ2n) is 8.17. The van der Waals surface area contributed by atoms with Crippen LogP contribution in [-0.4, -0.2) is 37.1 Å². The molecular weight excluding hydrogens is 402 g/mol. The van der Waals surface area contributed by atoms with Gasteiger partial charge < -0.3 is 19.9 Å². The maximum absolute atomic E-state index is 12.6. The van der Waals surface area contributed by atoms with Crippen LogP contribution in [-0.2, 0) is 20.7 Å². The quantitative estimate of drug-likeness (QED) is 0.533. The number of allylic oxidation sites excluding steroid dienone is 1. The maximum Gasteiger partial charge on any atom is 0.286 e. The molecule has 1 heterocycles. The van der Waals surface area contributed by atoms with Crippen LogP contribution in [0.2, 0.25) is 0 Å². The number of aliphatic hydroxyl groups is 1. The van der Waals surface area contributed by atoms with Crippen molar-refractivity contribution in [3.8, 4) is 23.5 Å². The van der Waals surface area contributed by atoms with Crippen molar-refractivity contribution >= 4 is 5.91 Å². The van der Waals surface area contributed by atoms with Crippen molar-refractivity contribution in [3.05, 3.63) is 71.0 Å². The molecule has 0 bridgehead atoms. The molecule has 0 unspecified atom stereocenters. The Morgan fingerprint density at radius 1 is 1.25 bits per heavy atom. The van der Waals surface area contributed by atoms with Crippen LogP contribution in [0.5, 0.6) is 0 Å². The van der Waals surface area contributed by atoms with Gasteiger partial charge in [0.2, 0.25) is 6.29 Å². The summed E-state index contributed by atoms with van der Waals surface area (Å²) in [5.74, 6) is 2.21. The minimum atomic E-state index is -0.571. The van der Waals surface area contributed by atoms with Gasteiger partial charge in [0.25, 0.3) is 5.91 Å². The normalized spacial score (nSPS) is 21.0. The van der Waals surface area contributed by atoms with Crippen LogP contribution < -0.4 is 5.32 Å². The fraction of sp³-hybridized carbons (Fsp3) is 0.370. The molecule has 166 valence electrons. The molecule has 1 aliphatic carbocycles. The smallest absolute Gasteiger partial charge is 0.286 e. The number of carbonyl (C=O) groups is 1. The molecule has 0 saturated carbocycles. The highest BCUT2D eigenvalue weighted by atomic mass is 16.7. The van der Waals surface area contributed by atoms with E-state index in [9.17, 15) is 9.90 Å². The van der Waals surface area contributed by atoms with Crippen LogP contribution in [0.1, 0.15) is 42.4 Å². The molecule has 0 saturated heterocycles. The molecule has 32 heavy (non-hydrogen) atoms. The van der Waals surface area contributed by atoms with Gasteiger partial charge in [-0.1, -0.05) is 48.4 Å². The Bertz CT molecular complexity index is 1050. The lowest BCUT2D eigenvalue weighted by Gasteiger charge is -2.37. The van der Waals surface area contributed by atoms with Crippen LogP contribution in [0.3, 0.4) is 0 Å². The molecule has 2 N–H and O–H groups in total. The lowest BCUT2D eigenvalue weighted by molar-refractivity contribution is -0.166. The number of nitrogens with one attached hydrogen (secondary N) is 1. The molecule has 4 rings (SSSR count). The minimum Gasteiger partial charge on any atom is -0.459 e. The van der Waals surface area contributed by atoms with Gasteiger partial charge in [-0.05, 0) is 60.1 Å². The first-order valence-corrected chi connectivity index (χ1v) is 11.2. The van der Waals surface area contributed by atoms with Crippen molar-refractivity contribution in [2.45, 2.75) is 38.4 Å². The van der Waals surface area contributed by atoms with Gasteiger partial charge in [0.05, 0.1) is 6.54 Å². The van der Waals surface area contributed by atoms with E-state index >= 15 is 0 Å². The van der Waals surface area contributed by atoms with Crippen LogP contribution in [0.4, 0.5) is 0 Å². The summed E-state index contributed by atoms with van der Waals surface area (Å²) in [6.07, 6.45) is 8.86. The third-order valence-corrected chi connectivity index (χ3v) is 6.19. The summed E-state index contributed by atoms with van der Waals surface area (Å²) in [5, 5.41) is 12.1. The number of fused-ring (bicyclic) bond motifs is 3. The molecule has 2 aromatic carbocycles. The van der Waals surface area contributed by atoms with E-state index in [2.05, 4.69) is 53.7 Å². The maximum atomic E-state index is 12.6. The minimum absolute atomic E-state index is 0.0203. The first kappa shape index (κ1) is 22.1. The third-order valence-electron chi connectivity index (χ3n) is 6.19. The van der Waals surface area contributed by atoms with Crippen molar-refractivity contribution in [2.75, 3.05) is 19.8 Å². The highest BCUT2D eigenvalue weighted by Crippen LogP contribution is 2.43. The number of hydrogen-bond acceptors (Lipinski definition) is 4. The summed E-state index contributed by atoms with van der Waals surface area (Å²) < 4.78 is 11.9. The Kier molecular flexibility index (Phi) is 6.94. The summed E-state index contributed by atoms with van der Waals surface area (Å²) in [6.45, 7) is 2.60. The molecule has 0 spiro atoms. The molecular formula is C27H29NO4. The SMILES string of the molecule is C#CCNC(=O)C1=C[C@H](c2ccc3c(c2)Cc2ccccc2-3)[C@@H](CCCO)[C@H](OCC)O1. The van der Waals surface area contributed by atoms with Crippen LogP contribution in [0.25, 0.3) is 11.1 Å². The summed E-state index contributed by atoms with van der Waals surface area (Å²) in [7, 11) is 0. The zero-order valence-electron chi connectivity index (χ0n) is 18.3. The second-order valence-corrected chi connectivity index (χ2v) is 8.17. The van der Waals surface area contributed by atoms with Gasteiger partial charge in [-0.15, -0.1) is 6.42 Å². The molecule has 0 aromatic heterocycles. The predicted molar refractivity (Wildman–Crippen MR) is 124 cm³/mol. The number of aliphatic hydroxyl groups excluding tert-OH is 1. The number of hydrogen-bond donors (Lipinski definition) is 2. The van der Waals surface area contributed by atoms with Crippen molar-refractivity contribution in [1.82, 2.24) is 5.32 Å². The monoisotopic (exact) mass is 431 g/mol. The van der Waals surface area contributed by atoms with E-state index < -0.39 is 6.29 Å². The highest BCUT2D eigenvalue weighted by molar-refractivity contribution is 5.92. The molecule has 2 aromatic rings. The van der Waals surface area contributed by atoms with Gasteiger partial charge >= 0.3 is 0 Å². The molecule has 2 aliphatic rings.